The van der Waals surface area contributed by atoms with Crippen LogP contribution in [0.5, 0.6) is 0 Å². The molecule has 0 aliphatic rings. The average molecular weight is 302 g/mol. The molecule has 0 saturated carbocycles. The predicted octanol–water partition coefficient (Wildman–Crippen LogP) is 4.54. The monoisotopic (exact) mass is 301 g/mol. The molecule has 1 aromatic rings. The van der Waals surface area contributed by atoms with Gasteiger partial charge in [-0.15, -0.1) is 0 Å². The van der Waals surface area contributed by atoms with Gasteiger partial charge in [0.05, 0.1) is 10.0 Å². The van der Waals surface area contributed by atoms with Crippen molar-refractivity contribution < 1.29 is 4.79 Å². The van der Waals surface area contributed by atoms with E-state index in [-0.39, 0.29) is 5.78 Å². The lowest BCUT2D eigenvalue weighted by Crippen LogP contribution is -2.29. The van der Waals surface area contributed by atoms with Crippen molar-refractivity contribution in [1.29, 1.82) is 0 Å². The average Bonchev–Trinajstić information content (AvgIpc) is 2.37. The van der Waals surface area contributed by atoms with Gasteiger partial charge in [-0.3, -0.25) is 4.79 Å². The molecule has 1 aromatic carbocycles. The van der Waals surface area contributed by atoms with E-state index < -0.39 is 0 Å². The lowest BCUT2D eigenvalue weighted by Gasteiger charge is -2.22. The molecular formula is C15H21Cl2NO. The van der Waals surface area contributed by atoms with E-state index in [9.17, 15) is 4.79 Å². The Morgan fingerprint density at radius 1 is 1.32 bits per heavy atom. The molecule has 2 nitrogen and oxygen atoms in total. The highest BCUT2D eigenvalue weighted by Crippen LogP contribution is 2.26. The van der Waals surface area contributed by atoms with E-state index >= 15 is 0 Å². The van der Waals surface area contributed by atoms with Gasteiger partial charge < -0.3 is 4.90 Å². The lowest BCUT2D eigenvalue weighted by molar-refractivity contribution is 0.0962. The molecule has 0 aliphatic carbocycles. The molecule has 0 spiro atoms. The zero-order chi connectivity index (χ0) is 14.4. The summed E-state index contributed by atoms with van der Waals surface area (Å²) in [5.41, 5.74) is 0.523. The molecule has 0 N–H and O–H groups in total. The van der Waals surface area contributed by atoms with Crippen molar-refractivity contribution in [2.24, 2.45) is 5.92 Å². The summed E-state index contributed by atoms with van der Waals surface area (Å²) in [7, 11) is 0. The smallest absolute Gasteiger partial charge is 0.165 e. The lowest BCUT2D eigenvalue weighted by atomic mass is 10.1. The molecule has 0 atom stereocenters. The first kappa shape index (κ1) is 16.5. The number of benzene rings is 1. The van der Waals surface area contributed by atoms with Crippen LogP contribution < -0.4 is 0 Å². The minimum Gasteiger partial charge on any atom is -0.303 e. The quantitative estimate of drug-likeness (QED) is 0.689. The third-order valence-corrected chi connectivity index (χ3v) is 3.80. The van der Waals surface area contributed by atoms with Crippen LogP contribution in [0, 0.1) is 5.92 Å². The van der Waals surface area contributed by atoms with Gasteiger partial charge in [0.15, 0.2) is 5.78 Å². The second-order valence-electron chi connectivity index (χ2n) is 5.06. The van der Waals surface area contributed by atoms with Gasteiger partial charge in [0.2, 0.25) is 0 Å². The minimum absolute atomic E-state index is 0.0507. The Bertz CT molecular complexity index is 432. The first-order valence-corrected chi connectivity index (χ1v) is 7.40. The zero-order valence-corrected chi connectivity index (χ0v) is 13.3. The maximum atomic E-state index is 12.2. The van der Waals surface area contributed by atoms with Gasteiger partial charge in [0.1, 0.15) is 0 Å². The fourth-order valence-electron chi connectivity index (χ4n) is 2.01. The number of carbonyl (C=O) groups is 1. The number of ketones is 1. The molecule has 1 rings (SSSR count). The molecule has 0 saturated heterocycles. The number of rotatable bonds is 7. The van der Waals surface area contributed by atoms with E-state index in [1.165, 1.54) is 0 Å². The Morgan fingerprint density at radius 3 is 2.58 bits per heavy atom. The van der Waals surface area contributed by atoms with Gasteiger partial charge in [0, 0.05) is 25.1 Å². The van der Waals surface area contributed by atoms with Crippen LogP contribution in [0.1, 0.15) is 37.6 Å². The second-order valence-corrected chi connectivity index (χ2v) is 5.85. The van der Waals surface area contributed by atoms with Crippen LogP contribution in [0.25, 0.3) is 0 Å². The highest BCUT2D eigenvalue weighted by atomic mass is 35.5. The molecule has 0 heterocycles. The van der Waals surface area contributed by atoms with E-state index in [1.54, 1.807) is 18.2 Å². The molecule has 4 heteroatoms. The molecule has 0 bridgehead atoms. The topological polar surface area (TPSA) is 20.3 Å². The number of hydrogen-bond acceptors (Lipinski definition) is 2. The van der Waals surface area contributed by atoms with Gasteiger partial charge in [-0.1, -0.05) is 50.0 Å². The summed E-state index contributed by atoms with van der Waals surface area (Å²) in [5.74, 6) is 0.652. The normalized spacial score (nSPS) is 11.3. The third-order valence-electron chi connectivity index (χ3n) is 2.98. The zero-order valence-electron chi connectivity index (χ0n) is 11.7. The van der Waals surface area contributed by atoms with E-state index in [1.807, 2.05) is 0 Å². The number of hydrogen-bond donors (Lipinski definition) is 0. The second kappa shape index (κ2) is 7.88. The number of halogens is 2. The highest BCUT2D eigenvalue weighted by molar-refractivity contribution is 6.43. The van der Waals surface area contributed by atoms with E-state index in [4.69, 9.17) is 23.2 Å². The van der Waals surface area contributed by atoms with Crippen LogP contribution in [0.2, 0.25) is 10.0 Å². The Kier molecular flexibility index (Phi) is 6.84. The van der Waals surface area contributed by atoms with Crippen molar-refractivity contribution in [3.63, 3.8) is 0 Å². The summed E-state index contributed by atoms with van der Waals surface area (Å²) in [6, 6.07) is 5.18. The molecule has 106 valence electrons. The molecule has 0 aromatic heterocycles. The summed E-state index contributed by atoms with van der Waals surface area (Å²) in [5, 5.41) is 0.795. The molecular weight excluding hydrogens is 281 g/mol. The van der Waals surface area contributed by atoms with Crippen molar-refractivity contribution >= 4 is 29.0 Å². The molecule has 0 amide bonds. The fraction of sp³-hybridized carbons (Fsp3) is 0.533. The van der Waals surface area contributed by atoms with Gasteiger partial charge in [-0.05, 0) is 24.6 Å². The summed E-state index contributed by atoms with van der Waals surface area (Å²) in [6.07, 6.45) is 0.473. The van der Waals surface area contributed by atoms with Crippen LogP contribution in [0.15, 0.2) is 18.2 Å². The Morgan fingerprint density at radius 2 is 2.00 bits per heavy atom. The third kappa shape index (κ3) is 5.13. The number of nitrogens with zero attached hydrogens (tertiary/aromatic N) is 1. The van der Waals surface area contributed by atoms with Crippen molar-refractivity contribution in [3.8, 4) is 0 Å². The first-order valence-electron chi connectivity index (χ1n) is 6.65. The Hall–Kier alpha value is -0.570. The predicted molar refractivity (Wildman–Crippen MR) is 82.4 cm³/mol. The summed E-state index contributed by atoms with van der Waals surface area (Å²) >= 11 is 12.0. The summed E-state index contributed by atoms with van der Waals surface area (Å²) in [6.45, 7) is 9.19. The Labute approximate surface area is 125 Å². The molecule has 0 fully saturated rings. The fourth-order valence-corrected chi connectivity index (χ4v) is 2.41. The van der Waals surface area contributed by atoms with Crippen molar-refractivity contribution in [2.75, 3.05) is 19.6 Å². The van der Waals surface area contributed by atoms with E-state index in [0.717, 1.165) is 19.6 Å². The van der Waals surface area contributed by atoms with E-state index in [0.29, 0.717) is 27.9 Å². The minimum atomic E-state index is 0.0507. The number of carbonyl (C=O) groups excluding carboxylic acids is 1. The van der Waals surface area contributed by atoms with Gasteiger partial charge in [0.25, 0.3) is 0 Å². The summed E-state index contributed by atoms with van der Waals surface area (Å²) < 4.78 is 0. The van der Waals surface area contributed by atoms with Crippen LogP contribution in [-0.4, -0.2) is 30.3 Å². The largest absolute Gasteiger partial charge is 0.303 e. The van der Waals surface area contributed by atoms with Crippen LogP contribution in [0.3, 0.4) is 0 Å². The first-order chi connectivity index (χ1) is 8.95. The van der Waals surface area contributed by atoms with E-state index in [2.05, 4.69) is 25.7 Å². The van der Waals surface area contributed by atoms with Crippen molar-refractivity contribution in [3.05, 3.63) is 33.8 Å². The van der Waals surface area contributed by atoms with Crippen LogP contribution in [0.4, 0.5) is 0 Å². The maximum Gasteiger partial charge on any atom is 0.165 e. The highest BCUT2D eigenvalue weighted by Gasteiger charge is 2.14. The number of Topliss-reactive ketones (excluding diaryl/α,β-unsaturated/α-hetero) is 1. The van der Waals surface area contributed by atoms with Gasteiger partial charge in [-0.25, -0.2) is 0 Å². The van der Waals surface area contributed by atoms with Gasteiger partial charge in [-0.2, -0.15) is 0 Å². The molecule has 19 heavy (non-hydrogen) atoms. The molecule has 0 aliphatic heterocycles. The molecule has 0 radical (unpaired) electrons. The van der Waals surface area contributed by atoms with Crippen LogP contribution >= 0.6 is 23.2 Å². The summed E-state index contributed by atoms with van der Waals surface area (Å²) in [4.78, 5) is 14.4. The van der Waals surface area contributed by atoms with Crippen molar-refractivity contribution in [2.45, 2.75) is 27.2 Å². The Balaban J connectivity index is 2.62. The SMILES string of the molecule is CCN(CCC(=O)c1cccc(Cl)c1Cl)CC(C)C. The van der Waals surface area contributed by atoms with Crippen LogP contribution in [-0.2, 0) is 0 Å². The molecule has 0 unspecified atom stereocenters. The standard InChI is InChI=1S/C15H21Cl2NO/c1-4-18(10-11(2)3)9-8-14(19)12-6-5-7-13(16)15(12)17/h5-7,11H,4,8-10H2,1-3H3. The van der Waals surface area contributed by atoms with Crippen molar-refractivity contribution in [1.82, 2.24) is 4.90 Å². The van der Waals surface area contributed by atoms with Gasteiger partial charge >= 0.3 is 0 Å². The maximum absolute atomic E-state index is 12.2.